The highest BCUT2D eigenvalue weighted by atomic mass is 19.1. The van der Waals surface area contributed by atoms with Crippen LogP contribution in [0.1, 0.15) is 11.4 Å². The van der Waals surface area contributed by atoms with Crippen LogP contribution < -0.4 is 11.1 Å². The Bertz CT molecular complexity index is 506. The van der Waals surface area contributed by atoms with E-state index in [1.807, 2.05) is 25.1 Å². The van der Waals surface area contributed by atoms with Crippen molar-refractivity contribution in [2.75, 3.05) is 11.1 Å². The molecular formula is C13H14FN3. The molecule has 0 saturated carbocycles. The van der Waals surface area contributed by atoms with E-state index in [-0.39, 0.29) is 5.82 Å². The van der Waals surface area contributed by atoms with E-state index in [0.29, 0.717) is 17.9 Å². The van der Waals surface area contributed by atoms with Gasteiger partial charge in [0.15, 0.2) is 0 Å². The molecule has 1 aromatic carbocycles. The molecule has 2 aromatic rings. The van der Waals surface area contributed by atoms with Crippen LogP contribution in [-0.2, 0) is 6.54 Å². The van der Waals surface area contributed by atoms with E-state index >= 15 is 0 Å². The van der Waals surface area contributed by atoms with Crippen molar-refractivity contribution in [3.8, 4) is 0 Å². The van der Waals surface area contributed by atoms with Crippen molar-refractivity contribution in [2.24, 2.45) is 0 Å². The van der Waals surface area contributed by atoms with Gasteiger partial charge in [0.05, 0.1) is 12.2 Å². The van der Waals surface area contributed by atoms with Crippen molar-refractivity contribution in [2.45, 2.75) is 13.5 Å². The number of nitrogens with zero attached hydrogens (tertiary/aromatic N) is 1. The van der Waals surface area contributed by atoms with Gasteiger partial charge in [-0.25, -0.2) is 4.39 Å². The van der Waals surface area contributed by atoms with E-state index < -0.39 is 0 Å². The van der Waals surface area contributed by atoms with Crippen LogP contribution in [0.3, 0.4) is 0 Å². The van der Waals surface area contributed by atoms with Crippen LogP contribution in [0.5, 0.6) is 0 Å². The first-order valence-corrected chi connectivity index (χ1v) is 5.36. The topological polar surface area (TPSA) is 50.9 Å². The summed E-state index contributed by atoms with van der Waals surface area (Å²) in [6.45, 7) is 2.48. The first-order valence-electron chi connectivity index (χ1n) is 5.36. The molecule has 4 heteroatoms. The first kappa shape index (κ1) is 11.4. The molecule has 0 saturated heterocycles. The number of benzene rings is 1. The molecule has 0 fully saturated rings. The van der Waals surface area contributed by atoms with Crippen LogP contribution in [0.4, 0.5) is 15.8 Å². The van der Waals surface area contributed by atoms with Crippen molar-refractivity contribution in [1.29, 1.82) is 0 Å². The molecular weight excluding hydrogens is 217 g/mol. The van der Waals surface area contributed by atoms with E-state index in [4.69, 9.17) is 5.73 Å². The number of nitrogens with two attached hydrogens (primary N) is 1. The summed E-state index contributed by atoms with van der Waals surface area (Å²) in [4.78, 5) is 4.35. The van der Waals surface area contributed by atoms with Gasteiger partial charge in [0.25, 0.3) is 0 Å². The van der Waals surface area contributed by atoms with Crippen LogP contribution in [0.25, 0.3) is 0 Å². The zero-order valence-electron chi connectivity index (χ0n) is 9.57. The van der Waals surface area contributed by atoms with E-state index in [0.717, 1.165) is 11.4 Å². The van der Waals surface area contributed by atoms with Crippen LogP contribution >= 0.6 is 0 Å². The number of nitrogen functional groups attached to an aromatic ring is 1. The average molecular weight is 231 g/mol. The fraction of sp³-hybridized carbons (Fsp3) is 0.154. The standard InChI is InChI=1S/C13H14FN3/c1-9-3-2-4-12(17-9)8-16-13-6-10(14)5-11(15)7-13/h2-7,16H,8,15H2,1H3. The number of hydrogen-bond acceptors (Lipinski definition) is 3. The van der Waals surface area contributed by atoms with Gasteiger partial charge in [-0.2, -0.15) is 0 Å². The normalized spacial score (nSPS) is 10.2. The molecule has 0 aliphatic heterocycles. The number of halogens is 1. The zero-order chi connectivity index (χ0) is 12.3. The Morgan fingerprint density at radius 2 is 2.12 bits per heavy atom. The largest absolute Gasteiger partial charge is 0.399 e. The minimum atomic E-state index is -0.343. The molecule has 2 rings (SSSR count). The second-order valence-electron chi connectivity index (χ2n) is 3.90. The van der Waals surface area contributed by atoms with Crippen molar-refractivity contribution >= 4 is 11.4 Å². The summed E-state index contributed by atoms with van der Waals surface area (Å²) in [6.07, 6.45) is 0. The summed E-state index contributed by atoms with van der Waals surface area (Å²) in [7, 11) is 0. The highest BCUT2D eigenvalue weighted by molar-refractivity contribution is 5.54. The Kier molecular flexibility index (Phi) is 3.23. The van der Waals surface area contributed by atoms with E-state index in [1.54, 1.807) is 6.07 Å². The van der Waals surface area contributed by atoms with E-state index in [2.05, 4.69) is 10.3 Å². The molecule has 1 heterocycles. The van der Waals surface area contributed by atoms with E-state index in [1.165, 1.54) is 12.1 Å². The number of hydrogen-bond donors (Lipinski definition) is 2. The number of anilines is 2. The fourth-order valence-corrected chi connectivity index (χ4v) is 1.60. The second-order valence-corrected chi connectivity index (χ2v) is 3.90. The second kappa shape index (κ2) is 4.82. The number of pyridine rings is 1. The van der Waals surface area contributed by atoms with Crippen LogP contribution in [0.15, 0.2) is 36.4 Å². The molecule has 3 N–H and O–H groups in total. The number of rotatable bonds is 3. The lowest BCUT2D eigenvalue weighted by Crippen LogP contribution is -2.03. The summed E-state index contributed by atoms with van der Waals surface area (Å²) < 4.78 is 13.1. The van der Waals surface area contributed by atoms with Gasteiger partial charge in [-0.15, -0.1) is 0 Å². The Balaban J connectivity index is 2.07. The van der Waals surface area contributed by atoms with Gasteiger partial charge < -0.3 is 11.1 Å². The number of aromatic nitrogens is 1. The molecule has 0 radical (unpaired) electrons. The molecule has 0 spiro atoms. The van der Waals surface area contributed by atoms with Crippen molar-refractivity contribution in [1.82, 2.24) is 4.98 Å². The highest BCUT2D eigenvalue weighted by Gasteiger charge is 1.99. The van der Waals surface area contributed by atoms with Gasteiger partial charge in [-0.05, 0) is 37.3 Å². The minimum absolute atomic E-state index is 0.343. The SMILES string of the molecule is Cc1cccc(CNc2cc(N)cc(F)c2)n1. The molecule has 0 aliphatic carbocycles. The van der Waals surface area contributed by atoms with Crippen molar-refractivity contribution < 1.29 is 4.39 Å². The third-order valence-corrected chi connectivity index (χ3v) is 2.34. The van der Waals surface area contributed by atoms with Crippen LogP contribution in [-0.4, -0.2) is 4.98 Å². The molecule has 0 bridgehead atoms. The fourth-order valence-electron chi connectivity index (χ4n) is 1.60. The van der Waals surface area contributed by atoms with Gasteiger partial charge in [0.2, 0.25) is 0 Å². The minimum Gasteiger partial charge on any atom is -0.399 e. The quantitative estimate of drug-likeness (QED) is 0.798. The third-order valence-electron chi connectivity index (χ3n) is 2.34. The molecule has 0 amide bonds. The maximum atomic E-state index is 13.1. The predicted octanol–water partition coefficient (Wildman–Crippen LogP) is 2.72. The molecule has 3 nitrogen and oxygen atoms in total. The molecule has 0 atom stereocenters. The van der Waals surface area contributed by atoms with Crippen molar-refractivity contribution in [3.05, 3.63) is 53.6 Å². The smallest absolute Gasteiger partial charge is 0.127 e. The summed E-state index contributed by atoms with van der Waals surface area (Å²) >= 11 is 0. The Morgan fingerprint density at radius 1 is 1.29 bits per heavy atom. The number of nitrogens with one attached hydrogen (secondary N) is 1. The molecule has 0 aliphatic rings. The van der Waals surface area contributed by atoms with Crippen molar-refractivity contribution in [3.63, 3.8) is 0 Å². The average Bonchev–Trinajstić information content (AvgIpc) is 2.25. The van der Waals surface area contributed by atoms with Crippen LogP contribution in [0.2, 0.25) is 0 Å². The van der Waals surface area contributed by atoms with Gasteiger partial charge in [0, 0.05) is 17.1 Å². The summed E-state index contributed by atoms with van der Waals surface area (Å²) in [5.41, 5.74) is 8.49. The Hall–Kier alpha value is -2.10. The lowest BCUT2D eigenvalue weighted by molar-refractivity contribution is 0.629. The highest BCUT2D eigenvalue weighted by Crippen LogP contribution is 2.16. The molecule has 17 heavy (non-hydrogen) atoms. The maximum Gasteiger partial charge on any atom is 0.127 e. The summed E-state index contributed by atoms with van der Waals surface area (Å²) in [5, 5.41) is 3.09. The van der Waals surface area contributed by atoms with Gasteiger partial charge in [-0.1, -0.05) is 6.07 Å². The maximum absolute atomic E-state index is 13.1. The van der Waals surface area contributed by atoms with Crippen LogP contribution in [0, 0.1) is 12.7 Å². The lowest BCUT2D eigenvalue weighted by atomic mass is 10.2. The monoisotopic (exact) mass is 231 g/mol. The molecule has 0 unspecified atom stereocenters. The molecule has 1 aromatic heterocycles. The van der Waals surface area contributed by atoms with Gasteiger partial charge >= 0.3 is 0 Å². The Labute approximate surface area is 99.5 Å². The third kappa shape index (κ3) is 3.17. The predicted molar refractivity (Wildman–Crippen MR) is 67.1 cm³/mol. The van der Waals surface area contributed by atoms with E-state index in [9.17, 15) is 4.39 Å². The Morgan fingerprint density at radius 3 is 2.82 bits per heavy atom. The van der Waals surface area contributed by atoms with Gasteiger partial charge in [-0.3, -0.25) is 4.98 Å². The summed E-state index contributed by atoms with van der Waals surface area (Å²) in [6, 6.07) is 10.2. The zero-order valence-corrected chi connectivity index (χ0v) is 9.57. The van der Waals surface area contributed by atoms with Gasteiger partial charge in [0.1, 0.15) is 5.82 Å². The number of aryl methyl sites for hydroxylation is 1. The lowest BCUT2D eigenvalue weighted by Gasteiger charge is -2.07. The first-order chi connectivity index (χ1) is 8.13. The summed E-state index contributed by atoms with van der Waals surface area (Å²) in [5.74, 6) is -0.343. The molecule has 88 valence electrons.